The molecule has 0 aliphatic carbocycles. The number of benzene rings is 1. The summed E-state index contributed by atoms with van der Waals surface area (Å²) in [6.07, 6.45) is 3.13. The molecule has 2 saturated heterocycles. The van der Waals surface area contributed by atoms with E-state index in [4.69, 9.17) is 0 Å². The number of likely N-dealkylation sites (tertiary alicyclic amines) is 1. The van der Waals surface area contributed by atoms with E-state index in [9.17, 15) is 9.90 Å². The van der Waals surface area contributed by atoms with Crippen LogP contribution < -0.4 is 4.90 Å². The van der Waals surface area contributed by atoms with E-state index < -0.39 is 5.60 Å². The number of carbonyl (C=O) groups excluding carboxylic acids is 1. The highest BCUT2D eigenvalue weighted by Gasteiger charge is 2.45. The van der Waals surface area contributed by atoms with Crippen LogP contribution in [0.3, 0.4) is 0 Å². The molecule has 0 radical (unpaired) electrons. The molecular weight excluding hydrogens is 288 g/mol. The Bertz CT molecular complexity index is 572. The SMILES string of the molecule is CC1(C)CN(C(=O)c2ccc(N3CCCC3)cc2)CC[C@@]1(C)O. The van der Waals surface area contributed by atoms with Crippen molar-refractivity contribution >= 4 is 11.6 Å². The van der Waals surface area contributed by atoms with Gasteiger partial charge in [-0.3, -0.25) is 4.79 Å². The highest BCUT2D eigenvalue weighted by Crippen LogP contribution is 2.38. The Morgan fingerprint density at radius 1 is 1.04 bits per heavy atom. The van der Waals surface area contributed by atoms with E-state index in [1.54, 1.807) is 0 Å². The molecule has 2 aliphatic rings. The van der Waals surface area contributed by atoms with Crippen LogP contribution >= 0.6 is 0 Å². The zero-order valence-electron chi connectivity index (χ0n) is 14.5. The van der Waals surface area contributed by atoms with Crippen molar-refractivity contribution in [2.24, 2.45) is 5.41 Å². The van der Waals surface area contributed by atoms with Crippen LogP contribution in [-0.4, -0.2) is 47.7 Å². The Hall–Kier alpha value is -1.55. The number of anilines is 1. The second-order valence-electron chi connectivity index (χ2n) is 7.88. The Labute approximate surface area is 139 Å². The molecule has 23 heavy (non-hydrogen) atoms. The van der Waals surface area contributed by atoms with Crippen LogP contribution in [0.5, 0.6) is 0 Å². The number of rotatable bonds is 2. The number of carbonyl (C=O) groups is 1. The first-order chi connectivity index (χ1) is 10.8. The average Bonchev–Trinajstić information content (AvgIpc) is 3.04. The van der Waals surface area contributed by atoms with Crippen molar-refractivity contribution in [2.75, 3.05) is 31.1 Å². The van der Waals surface area contributed by atoms with Gasteiger partial charge in [-0.25, -0.2) is 0 Å². The van der Waals surface area contributed by atoms with Gasteiger partial charge in [0, 0.05) is 42.8 Å². The van der Waals surface area contributed by atoms with E-state index in [0.717, 1.165) is 18.7 Å². The summed E-state index contributed by atoms with van der Waals surface area (Å²) >= 11 is 0. The maximum atomic E-state index is 12.8. The molecule has 0 saturated carbocycles. The van der Waals surface area contributed by atoms with Crippen LogP contribution in [0.4, 0.5) is 5.69 Å². The lowest BCUT2D eigenvalue weighted by Crippen LogP contribution is -2.56. The van der Waals surface area contributed by atoms with E-state index in [-0.39, 0.29) is 11.3 Å². The van der Waals surface area contributed by atoms with Crippen molar-refractivity contribution in [3.63, 3.8) is 0 Å². The van der Waals surface area contributed by atoms with Gasteiger partial charge in [0.25, 0.3) is 5.91 Å². The molecular formula is C19H28N2O2. The highest BCUT2D eigenvalue weighted by molar-refractivity contribution is 5.94. The first kappa shape index (κ1) is 16.3. The smallest absolute Gasteiger partial charge is 0.253 e. The largest absolute Gasteiger partial charge is 0.389 e. The molecule has 0 spiro atoms. The van der Waals surface area contributed by atoms with Gasteiger partial charge in [0.15, 0.2) is 0 Å². The van der Waals surface area contributed by atoms with Crippen LogP contribution in [0.15, 0.2) is 24.3 Å². The number of nitrogens with zero attached hydrogens (tertiary/aromatic N) is 2. The Morgan fingerprint density at radius 3 is 2.22 bits per heavy atom. The summed E-state index contributed by atoms with van der Waals surface area (Å²) in [5.41, 5.74) is 0.936. The summed E-state index contributed by atoms with van der Waals surface area (Å²) in [5.74, 6) is 0.0709. The molecule has 0 aromatic heterocycles. The molecule has 0 bridgehead atoms. The molecule has 126 valence electrons. The zero-order chi connectivity index (χ0) is 16.7. The summed E-state index contributed by atoms with van der Waals surface area (Å²) in [7, 11) is 0. The van der Waals surface area contributed by atoms with E-state index in [2.05, 4.69) is 17.0 Å². The maximum absolute atomic E-state index is 12.8. The minimum atomic E-state index is -0.719. The number of aliphatic hydroxyl groups is 1. The van der Waals surface area contributed by atoms with Crippen molar-refractivity contribution < 1.29 is 9.90 Å². The molecule has 1 N–H and O–H groups in total. The third-order valence-electron chi connectivity index (χ3n) is 5.79. The lowest BCUT2D eigenvalue weighted by atomic mass is 9.71. The molecule has 1 aromatic carbocycles. The van der Waals surface area contributed by atoms with Crippen molar-refractivity contribution in [1.82, 2.24) is 4.90 Å². The predicted molar refractivity (Wildman–Crippen MR) is 92.8 cm³/mol. The second-order valence-corrected chi connectivity index (χ2v) is 7.88. The minimum Gasteiger partial charge on any atom is -0.389 e. The summed E-state index contributed by atoms with van der Waals surface area (Å²) < 4.78 is 0. The van der Waals surface area contributed by atoms with Crippen LogP contribution in [0, 0.1) is 5.41 Å². The lowest BCUT2D eigenvalue weighted by molar-refractivity contribution is -0.0971. The van der Waals surface area contributed by atoms with Gasteiger partial charge >= 0.3 is 0 Å². The van der Waals surface area contributed by atoms with Gasteiger partial charge in [0.05, 0.1) is 5.60 Å². The molecule has 1 amide bonds. The predicted octanol–water partition coefficient (Wildman–Crippen LogP) is 2.91. The zero-order valence-corrected chi connectivity index (χ0v) is 14.5. The summed E-state index contributed by atoms with van der Waals surface area (Å²) in [5, 5.41) is 10.5. The van der Waals surface area contributed by atoms with E-state index in [0.29, 0.717) is 19.5 Å². The Kier molecular flexibility index (Phi) is 4.13. The fourth-order valence-corrected chi connectivity index (χ4v) is 3.56. The first-order valence-electron chi connectivity index (χ1n) is 8.67. The van der Waals surface area contributed by atoms with Crippen molar-refractivity contribution in [1.29, 1.82) is 0 Å². The topological polar surface area (TPSA) is 43.8 Å². The number of hydrogen-bond donors (Lipinski definition) is 1. The number of hydrogen-bond acceptors (Lipinski definition) is 3. The van der Waals surface area contributed by atoms with Gasteiger partial charge in [-0.2, -0.15) is 0 Å². The average molecular weight is 316 g/mol. The Balaban J connectivity index is 1.71. The molecule has 4 nitrogen and oxygen atoms in total. The van der Waals surface area contributed by atoms with Gasteiger partial charge in [-0.05, 0) is 50.5 Å². The van der Waals surface area contributed by atoms with E-state index in [1.165, 1.54) is 18.5 Å². The van der Waals surface area contributed by atoms with Crippen molar-refractivity contribution in [3.05, 3.63) is 29.8 Å². The van der Waals surface area contributed by atoms with Crippen LogP contribution in [0.1, 0.15) is 50.4 Å². The molecule has 4 heteroatoms. The third kappa shape index (κ3) is 3.09. The van der Waals surface area contributed by atoms with Crippen LogP contribution in [0.2, 0.25) is 0 Å². The fraction of sp³-hybridized carbons (Fsp3) is 0.632. The molecule has 0 unspecified atom stereocenters. The molecule has 2 heterocycles. The second kappa shape index (κ2) is 5.82. The number of amides is 1. The molecule has 1 aromatic rings. The highest BCUT2D eigenvalue weighted by atomic mass is 16.3. The maximum Gasteiger partial charge on any atom is 0.253 e. The molecule has 3 rings (SSSR count). The van der Waals surface area contributed by atoms with Gasteiger partial charge in [-0.15, -0.1) is 0 Å². The van der Waals surface area contributed by atoms with Crippen LogP contribution in [0.25, 0.3) is 0 Å². The van der Waals surface area contributed by atoms with Gasteiger partial charge < -0.3 is 14.9 Å². The molecule has 1 atom stereocenters. The molecule has 2 fully saturated rings. The van der Waals surface area contributed by atoms with Gasteiger partial charge in [-0.1, -0.05) is 13.8 Å². The normalized spacial score (nSPS) is 27.3. The standard InChI is InChI=1S/C19H28N2O2/c1-18(2)14-21(13-10-19(18,3)23)17(22)15-6-8-16(9-7-15)20-11-4-5-12-20/h6-9,23H,4-5,10-14H2,1-3H3/t19-/m1/s1. The van der Waals surface area contributed by atoms with Crippen molar-refractivity contribution in [3.8, 4) is 0 Å². The van der Waals surface area contributed by atoms with Crippen molar-refractivity contribution in [2.45, 2.75) is 45.6 Å². The van der Waals surface area contributed by atoms with E-state index in [1.807, 2.05) is 37.8 Å². The first-order valence-corrected chi connectivity index (χ1v) is 8.67. The monoisotopic (exact) mass is 316 g/mol. The quantitative estimate of drug-likeness (QED) is 0.912. The van der Waals surface area contributed by atoms with Gasteiger partial charge in [0.1, 0.15) is 0 Å². The van der Waals surface area contributed by atoms with Gasteiger partial charge in [0.2, 0.25) is 0 Å². The summed E-state index contributed by atoms with van der Waals surface area (Å²) in [6, 6.07) is 8.00. The van der Waals surface area contributed by atoms with Crippen LogP contribution in [-0.2, 0) is 0 Å². The summed E-state index contributed by atoms with van der Waals surface area (Å²) in [4.78, 5) is 17.0. The number of piperidine rings is 1. The Morgan fingerprint density at radius 2 is 1.65 bits per heavy atom. The minimum absolute atomic E-state index is 0.0709. The molecule has 2 aliphatic heterocycles. The summed E-state index contributed by atoms with van der Waals surface area (Å²) in [6.45, 7) is 9.37. The third-order valence-corrected chi connectivity index (χ3v) is 5.79. The fourth-order valence-electron chi connectivity index (χ4n) is 3.56. The van der Waals surface area contributed by atoms with E-state index >= 15 is 0 Å². The lowest BCUT2D eigenvalue weighted by Gasteiger charge is -2.48.